The Kier molecular flexibility index (Phi) is 5.11. The molecule has 1 saturated carbocycles. The summed E-state index contributed by atoms with van der Waals surface area (Å²) < 4.78 is 26.7. The lowest BCUT2D eigenvalue weighted by Gasteiger charge is -2.36. The summed E-state index contributed by atoms with van der Waals surface area (Å²) in [5, 5.41) is 0. The number of hydrogen-bond acceptors (Lipinski definition) is 2. The zero-order valence-electron chi connectivity index (χ0n) is 12.2. The Morgan fingerprint density at radius 1 is 1.20 bits per heavy atom. The molecule has 0 amide bonds. The van der Waals surface area contributed by atoms with E-state index in [1.165, 1.54) is 18.6 Å². The van der Waals surface area contributed by atoms with Crippen LogP contribution in [-0.4, -0.2) is 6.04 Å². The molecular formula is C16H24F2N2. The quantitative estimate of drug-likeness (QED) is 0.656. The van der Waals surface area contributed by atoms with Gasteiger partial charge in [0.1, 0.15) is 11.6 Å². The van der Waals surface area contributed by atoms with Crippen molar-refractivity contribution in [2.24, 2.45) is 23.6 Å². The second-order valence-electron chi connectivity index (χ2n) is 6.39. The predicted octanol–water partition coefficient (Wildman–Crippen LogP) is 3.41. The van der Waals surface area contributed by atoms with E-state index in [1.807, 2.05) is 0 Å². The highest BCUT2D eigenvalue weighted by Crippen LogP contribution is 2.35. The van der Waals surface area contributed by atoms with E-state index in [-0.39, 0.29) is 6.04 Å². The third-order valence-corrected chi connectivity index (χ3v) is 4.45. The van der Waals surface area contributed by atoms with Gasteiger partial charge >= 0.3 is 0 Å². The average molecular weight is 282 g/mol. The first-order valence-electron chi connectivity index (χ1n) is 7.39. The van der Waals surface area contributed by atoms with Crippen LogP contribution in [0.15, 0.2) is 18.2 Å². The Morgan fingerprint density at radius 3 is 2.40 bits per heavy atom. The molecule has 3 unspecified atom stereocenters. The van der Waals surface area contributed by atoms with Crippen molar-refractivity contribution in [2.45, 2.75) is 45.6 Å². The molecular weight excluding hydrogens is 258 g/mol. The van der Waals surface area contributed by atoms with Crippen LogP contribution in [0.25, 0.3) is 0 Å². The van der Waals surface area contributed by atoms with Crippen LogP contribution in [0.4, 0.5) is 8.78 Å². The normalized spacial score (nSPS) is 28.4. The van der Waals surface area contributed by atoms with Crippen LogP contribution in [0.1, 0.15) is 38.7 Å². The van der Waals surface area contributed by atoms with Crippen molar-refractivity contribution in [1.82, 2.24) is 5.43 Å². The molecule has 4 heteroatoms. The van der Waals surface area contributed by atoms with Gasteiger partial charge in [0.25, 0.3) is 0 Å². The molecule has 1 aromatic carbocycles. The predicted molar refractivity (Wildman–Crippen MR) is 76.8 cm³/mol. The zero-order valence-corrected chi connectivity index (χ0v) is 12.2. The molecule has 1 fully saturated rings. The van der Waals surface area contributed by atoms with Crippen LogP contribution in [0.3, 0.4) is 0 Å². The molecule has 0 aliphatic heterocycles. The number of nitrogens with two attached hydrogens (primary N) is 1. The van der Waals surface area contributed by atoms with Crippen molar-refractivity contribution in [2.75, 3.05) is 0 Å². The van der Waals surface area contributed by atoms with E-state index in [1.54, 1.807) is 0 Å². The van der Waals surface area contributed by atoms with Gasteiger partial charge in [-0.25, -0.2) is 8.78 Å². The van der Waals surface area contributed by atoms with Gasteiger partial charge in [-0.2, -0.15) is 0 Å². The van der Waals surface area contributed by atoms with Crippen molar-refractivity contribution in [3.63, 3.8) is 0 Å². The average Bonchev–Trinajstić information content (AvgIpc) is 2.36. The van der Waals surface area contributed by atoms with Crippen LogP contribution in [0.5, 0.6) is 0 Å². The molecule has 2 nitrogen and oxygen atoms in total. The Hall–Kier alpha value is -1.00. The van der Waals surface area contributed by atoms with Crippen molar-refractivity contribution in [1.29, 1.82) is 0 Å². The van der Waals surface area contributed by atoms with Crippen molar-refractivity contribution >= 4 is 0 Å². The number of halogens is 2. The van der Waals surface area contributed by atoms with Gasteiger partial charge in [-0.15, -0.1) is 0 Å². The molecule has 0 saturated heterocycles. The number of hydrogen-bond donors (Lipinski definition) is 2. The van der Waals surface area contributed by atoms with Gasteiger partial charge in [-0.05, 0) is 55.1 Å². The van der Waals surface area contributed by atoms with E-state index in [0.29, 0.717) is 29.7 Å². The smallest absolute Gasteiger partial charge is 0.129 e. The lowest BCUT2D eigenvalue weighted by Crippen LogP contribution is -2.45. The Balaban J connectivity index is 2.08. The Labute approximate surface area is 119 Å². The standard InChI is InChI=1S/C16H24F2N2/c1-10-5-11(2)7-13(6-10)16(20-19)8-12-3-4-14(17)9-15(12)18/h3-4,9-11,13,16,20H,5-8,19H2,1-2H3. The summed E-state index contributed by atoms with van der Waals surface area (Å²) >= 11 is 0. The first-order chi connectivity index (χ1) is 9.49. The summed E-state index contributed by atoms with van der Waals surface area (Å²) in [6.45, 7) is 4.52. The molecule has 20 heavy (non-hydrogen) atoms. The third-order valence-electron chi connectivity index (χ3n) is 4.45. The first kappa shape index (κ1) is 15.4. The second kappa shape index (κ2) is 6.64. The number of nitrogens with one attached hydrogen (secondary N) is 1. The summed E-state index contributed by atoms with van der Waals surface area (Å²) in [6, 6.07) is 3.80. The highest BCUT2D eigenvalue weighted by atomic mass is 19.1. The molecule has 1 aromatic rings. The van der Waals surface area contributed by atoms with E-state index >= 15 is 0 Å². The SMILES string of the molecule is CC1CC(C)CC(C(Cc2ccc(F)cc2F)NN)C1. The minimum Gasteiger partial charge on any atom is -0.271 e. The monoisotopic (exact) mass is 282 g/mol. The fraction of sp³-hybridized carbons (Fsp3) is 0.625. The Bertz CT molecular complexity index is 440. The molecule has 3 atom stereocenters. The van der Waals surface area contributed by atoms with E-state index in [9.17, 15) is 8.78 Å². The van der Waals surface area contributed by atoms with Gasteiger partial charge < -0.3 is 0 Å². The molecule has 112 valence electrons. The van der Waals surface area contributed by atoms with Crippen molar-refractivity contribution < 1.29 is 8.78 Å². The molecule has 0 aromatic heterocycles. The largest absolute Gasteiger partial charge is 0.271 e. The minimum absolute atomic E-state index is 0.0418. The molecule has 1 aliphatic rings. The zero-order chi connectivity index (χ0) is 14.7. The molecule has 0 bridgehead atoms. The molecule has 0 heterocycles. The second-order valence-corrected chi connectivity index (χ2v) is 6.39. The maximum atomic E-state index is 13.8. The van der Waals surface area contributed by atoms with Gasteiger partial charge in [0, 0.05) is 12.1 Å². The molecule has 2 rings (SSSR count). The number of benzene rings is 1. The van der Waals surface area contributed by atoms with E-state index in [0.717, 1.165) is 18.9 Å². The van der Waals surface area contributed by atoms with Crippen molar-refractivity contribution in [3.8, 4) is 0 Å². The van der Waals surface area contributed by atoms with Gasteiger partial charge in [0.2, 0.25) is 0 Å². The topological polar surface area (TPSA) is 38.0 Å². The van der Waals surface area contributed by atoms with Gasteiger partial charge in [0.15, 0.2) is 0 Å². The van der Waals surface area contributed by atoms with E-state index in [4.69, 9.17) is 5.84 Å². The summed E-state index contributed by atoms with van der Waals surface area (Å²) in [4.78, 5) is 0. The van der Waals surface area contributed by atoms with Gasteiger partial charge in [-0.1, -0.05) is 19.9 Å². The number of hydrazine groups is 1. The van der Waals surface area contributed by atoms with Crippen molar-refractivity contribution in [3.05, 3.63) is 35.4 Å². The van der Waals surface area contributed by atoms with Crippen LogP contribution < -0.4 is 11.3 Å². The molecule has 3 N–H and O–H groups in total. The lowest BCUT2D eigenvalue weighted by atomic mass is 9.73. The lowest BCUT2D eigenvalue weighted by molar-refractivity contribution is 0.175. The van der Waals surface area contributed by atoms with Crippen LogP contribution in [0, 0.1) is 29.4 Å². The number of rotatable bonds is 4. The van der Waals surface area contributed by atoms with Gasteiger partial charge in [-0.3, -0.25) is 11.3 Å². The summed E-state index contributed by atoms with van der Waals surface area (Å²) in [6.07, 6.45) is 3.98. The highest BCUT2D eigenvalue weighted by molar-refractivity contribution is 5.20. The molecule has 0 spiro atoms. The highest BCUT2D eigenvalue weighted by Gasteiger charge is 2.30. The summed E-state index contributed by atoms with van der Waals surface area (Å²) in [5.74, 6) is 6.46. The van der Waals surface area contributed by atoms with Crippen LogP contribution in [-0.2, 0) is 6.42 Å². The summed E-state index contributed by atoms with van der Waals surface area (Å²) in [7, 11) is 0. The van der Waals surface area contributed by atoms with Crippen LogP contribution in [0.2, 0.25) is 0 Å². The van der Waals surface area contributed by atoms with Gasteiger partial charge in [0.05, 0.1) is 0 Å². The third kappa shape index (κ3) is 3.76. The fourth-order valence-electron chi connectivity index (χ4n) is 3.62. The minimum atomic E-state index is -0.539. The maximum absolute atomic E-state index is 13.8. The molecule has 1 aliphatic carbocycles. The maximum Gasteiger partial charge on any atom is 0.129 e. The molecule has 0 radical (unpaired) electrons. The van der Waals surface area contributed by atoms with E-state index in [2.05, 4.69) is 19.3 Å². The van der Waals surface area contributed by atoms with E-state index < -0.39 is 11.6 Å². The summed E-state index contributed by atoms with van der Waals surface area (Å²) in [5.41, 5.74) is 3.37. The first-order valence-corrected chi connectivity index (χ1v) is 7.39. The van der Waals surface area contributed by atoms with Crippen LogP contribution >= 0.6 is 0 Å². The fourth-order valence-corrected chi connectivity index (χ4v) is 3.62. The Morgan fingerprint density at radius 2 is 1.85 bits per heavy atom.